The van der Waals surface area contributed by atoms with Gasteiger partial charge in [0.2, 0.25) is 0 Å². The van der Waals surface area contributed by atoms with Crippen LogP contribution in [0.5, 0.6) is 0 Å². The predicted molar refractivity (Wildman–Crippen MR) is 104 cm³/mol. The van der Waals surface area contributed by atoms with Crippen molar-refractivity contribution in [1.29, 1.82) is 0 Å². The Hall–Kier alpha value is -2.21. The lowest BCUT2D eigenvalue weighted by molar-refractivity contribution is -0.151. The van der Waals surface area contributed by atoms with Crippen LogP contribution in [-0.4, -0.2) is 35.5 Å². The molecule has 152 valence electrons. The van der Waals surface area contributed by atoms with Crippen molar-refractivity contribution in [3.8, 4) is 0 Å². The molecule has 7 nitrogen and oxygen atoms in total. The lowest BCUT2D eigenvalue weighted by atomic mass is 10.2. The van der Waals surface area contributed by atoms with Crippen molar-refractivity contribution in [3.63, 3.8) is 0 Å². The molecule has 0 bridgehead atoms. The van der Waals surface area contributed by atoms with Gasteiger partial charge in [-0.3, -0.25) is 9.59 Å². The normalized spacial score (nSPS) is 11.2. The van der Waals surface area contributed by atoms with E-state index >= 15 is 0 Å². The fourth-order valence-corrected chi connectivity index (χ4v) is 3.64. The fraction of sp³-hybridized carbons (Fsp3) is 0.312. The third-order valence-corrected chi connectivity index (χ3v) is 4.82. The number of anilines is 2. The lowest BCUT2D eigenvalue weighted by Gasteiger charge is -2.18. The number of halogens is 4. The van der Waals surface area contributed by atoms with Crippen molar-refractivity contribution in [2.45, 2.75) is 18.0 Å². The molecule has 2 rings (SSSR count). The Labute approximate surface area is 170 Å². The highest BCUT2D eigenvalue weighted by molar-refractivity contribution is 9.10. The van der Waals surface area contributed by atoms with E-state index in [4.69, 9.17) is 0 Å². The molecule has 0 spiro atoms. The Bertz CT molecular complexity index is 950. The summed E-state index contributed by atoms with van der Waals surface area (Å²) in [7, 11) is 2.28. The van der Waals surface area contributed by atoms with E-state index in [0.717, 1.165) is 7.11 Å². The van der Waals surface area contributed by atoms with Crippen LogP contribution in [0.2, 0.25) is 0 Å². The summed E-state index contributed by atoms with van der Waals surface area (Å²) in [5.41, 5.74) is -3.02. The zero-order chi connectivity index (χ0) is 21.1. The van der Waals surface area contributed by atoms with Crippen LogP contribution in [0.25, 0.3) is 0 Å². The second kappa shape index (κ2) is 8.86. The highest BCUT2D eigenvalue weighted by Crippen LogP contribution is 2.32. The molecule has 0 aromatic carbocycles. The van der Waals surface area contributed by atoms with E-state index in [1.54, 1.807) is 6.07 Å². The van der Waals surface area contributed by atoms with Crippen LogP contribution < -0.4 is 21.0 Å². The van der Waals surface area contributed by atoms with E-state index in [9.17, 15) is 22.8 Å². The van der Waals surface area contributed by atoms with Crippen LogP contribution in [0.15, 0.2) is 32.5 Å². The number of amides is 1. The van der Waals surface area contributed by atoms with Crippen molar-refractivity contribution in [2.24, 2.45) is 0 Å². The van der Waals surface area contributed by atoms with Crippen molar-refractivity contribution in [1.82, 2.24) is 9.71 Å². The van der Waals surface area contributed by atoms with E-state index < -0.39 is 23.3 Å². The zero-order valence-electron chi connectivity index (χ0n) is 15.0. The molecule has 0 fully saturated rings. The molecular formula is C16H16BrF3N4O3S. The van der Waals surface area contributed by atoms with E-state index in [0.29, 0.717) is 21.2 Å². The van der Waals surface area contributed by atoms with Crippen LogP contribution >= 0.6 is 27.7 Å². The van der Waals surface area contributed by atoms with Gasteiger partial charge in [0.15, 0.2) is 5.69 Å². The average Bonchev–Trinajstić information content (AvgIpc) is 2.61. The smallest absolute Gasteiger partial charge is 0.413 e. The van der Waals surface area contributed by atoms with Crippen molar-refractivity contribution < 1.29 is 22.8 Å². The maximum Gasteiger partial charge on any atom is 0.435 e. The predicted octanol–water partition coefficient (Wildman–Crippen LogP) is 3.49. The van der Waals surface area contributed by atoms with Crippen LogP contribution in [0.1, 0.15) is 23.1 Å². The van der Waals surface area contributed by atoms with Crippen LogP contribution in [0, 0.1) is 0 Å². The molecule has 1 amide bonds. The van der Waals surface area contributed by atoms with Gasteiger partial charge in [-0.1, -0.05) is 6.92 Å². The summed E-state index contributed by atoms with van der Waals surface area (Å²) in [6.07, 6.45) is -3.47. The Morgan fingerprint density at radius 1 is 1.39 bits per heavy atom. The summed E-state index contributed by atoms with van der Waals surface area (Å²) in [6.45, 7) is 1.88. The van der Waals surface area contributed by atoms with Gasteiger partial charge in [-0.25, -0.2) is 4.98 Å². The Kier molecular flexibility index (Phi) is 6.99. The number of hydrogen-bond acceptors (Lipinski definition) is 6. The summed E-state index contributed by atoms with van der Waals surface area (Å²) >= 11 is 4.61. The molecule has 0 atom stereocenters. The van der Waals surface area contributed by atoms with Gasteiger partial charge in [0.05, 0.1) is 5.69 Å². The molecular weight excluding hydrogens is 465 g/mol. The number of carbonyl (C=O) groups is 1. The molecule has 0 saturated heterocycles. The van der Waals surface area contributed by atoms with Gasteiger partial charge in [-0.15, -0.1) is 16.5 Å². The first kappa shape index (κ1) is 22.1. The molecule has 2 N–H and O–H groups in total. The van der Waals surface area contributed by atoms with E-state index in [2.05, 4.69) is 36.4 Å². The number of hydrogen-bond donors (Lipinski definition) is 2. The zero-order valence-corrected chi connectivity index (χ0v) is 17.4. The molecule has 0 aliphatic rings. The maximum absolute atomic E-state index is 13.3. The van der Waals surface area contributed by atoms with E-state index in [1.807, 2.05) is 6.92 Å². The number of carbonyl (C=O) groups excluding carboxylic acids is 1. The molecule has 0 aliphatic heterocycles. The number of nitrogens with zero attached hydrogens (tertiary/aromatic N) is 2. The SMILES string of the molecule is CCSc1cc(Br)cnc1C(=O)Nc1cc(C(F)(F)F)n(OC)c(=O)c1NC. The molecule has 2 aromatic heterocycles. The minimum atomic E-state index is -4.87. The Morgan fingerprint density at radius 2 is 2.07 bits per heavy atom. The number of aromatic nitrogens is 2. The summed E-state index contributed by atoms with van der Waals surface area (Å²) in [6, 6.07) is 2.30. The maximum atomic E-state index is 13.3. The van der Waals surface area contributed by atoms with Gasteiger partial charge in [0, 0.05) is 22.6 Å². The third-order valence-electron chi connectivity index (χ3n) is 3.47. The molecule has 0 aliphatic carbocycles. The Balaban J connectivity index is 2.56. The lowest BCUT2D eigenvalue weighted by Crippen LogP contribution is -2.34. The Morgan fingerprint density at radius 3 is 2.61 bits per heavy atom. The topological polar surface area (TPSA) is 85.2 Å². The standard InChI is InChI=1S/C16H16BrF3N4O3S/c1-4-28-10-5-8(17)7-22-13(10)14(25)23-9-6-11(16(18,19)20)24(27-3)15(26)12(9)21-2/h5-7,21H,4H2,1-3H3,(H,23,25). The average molecular weight is 481 g/mol. The minimum Gasteiger partial charge on any atom is -0.413 e. The summed E-state index contributed by atoms with van der Waals surface area (Å²) < 4.78 is 40.7. The molecule has 28 heavy (non-hydrogen) atoms. The number of rotatable bonds is 6. The van der Waals surface area contributed by atoms with Crippen molar-refractivity contribution in [2.75, 3.05) is 30.5 Å². The van der Waals surface area contributed by atoms with Gasteiger partial charge >= 0.3 is 11.7 Å². The van der Waals surface area contributed by atoms with Crippen LogP contribution in [-0.2, 0) is 6.18 Å². The van der Waals surface area contributed by atoms with Gasteiger partial charge < -0.3 is 15.5 Å². The highest BCUT2D eigenvalue weighted by atomic mass is 79.9. The number of nitrogens with one attached hydrogen (secondary N) is 2. The first-order chi connectivity index (χ1) is 13.1. The fourth-order valence-electron chi connectivity index (χ4n) is 2.35. The first-order valence-electron chi connectivity index (χ1n) is 7.83. The summed E-state index contributed by atoms with van der Waals surface area (Å²) in [5.74, 6) is -0.0925. The second-order valence-corrected chi connectivity index (χ2v) is 7.46. The minimum absolute atomic E-state index is 0.0292. The van der Waals surface area contributed by atoms with Gasteiger partial charge in [-0.2, -0.15) is 13.2 Å². The number of alkyl halides is 3. The van der Waals surface area contributed by atoms with Gasteiger partial charge in [-0.05, 0) is 33.8 Å². The van der Waals surface area contributed by atoms with Gasteiger partial charge in [0.1, 0.15) is 18.5 Å². The second-order valence-electron chi connectivity index (χ2n) is 5.24. The molecule has 0 unspecified atom stereocenters. The number of pyridine rings is 2. The number of thioether (sulfide) groups is 1. The van der Waals surface area contributed by atoms with Crippen LogP contribution in [0.3, 0.4) is 0 Å². The van der Waals surface area contributed by atoms with Gasteiger partial charge in [0.25, 0.3) is 5.91 Å². The molecule has 2 aromatic rings. The van der Waals surface area contributed by atoms with Crippen molar-refractivity contribution >= 4 is 45.0 Å². The van der Waals surface area contributed by atoms with E-state index in [-0.39, 0.29) is 21.8 Å². The van der Waals surface area contributed by atoms with E-state index in [1.165, 1.54) is 25.0 Å². The highest BCUT2D eigenvalue weighted by Gasteiger charge is 2.37. The monoisotopic (exact) mass is 480 g/mol. The molecule has 2 heterocycles. The van der Waals surface area contributed by atoms with Crippen molar-refractivity contribution in [3.05, 3.63) is 44.5 Å². The molecule has 0 saturated carbocycles. The largest absolute Gasteiger partial charge is 0.435 e. The molecule has 0 radical (unpaired) electrons. The quantitative estimate of drug-likeness (QED) is 0.615. The third kappa shape index (κ3) is 4.61. The summed E-state index contributed by atoms with van der Waals surface area (Å²) in [4.78, 5) is 34.2. The summed E-state index contributed by atoms with van der Waals surface area (Å²) in [5, 5.41) is 4.83. The van der Waals surface area contributed by atoms with Crippen LogP contribution in [0.4, 0.5) is 24.5 Å². The molecule has 12 heteroatoms. The first-order valence-corrected chi connectivity index (χ1v) is 9.61.